The highest BCUT2D eigenvalue weighted by Gasteiger charge is 2.31. The second-order valence-electron chi connectivity index (χ2n) is 9.58. The lowest BCUT2D eigenvalue weighted by Crippen LogP contribution is -2.43. The van der Waals surface area contributed by atoms with Crippen LogP contribution in [0.3, 0.4) is 0 Å². The second kappa shape index (κ2) is 12.1. The lowest BCUT2D eigenvalue weighted by atomic mass is 9.97. The number of carbonyl (C=O) groups is 3. The van der Waals surface area contributed by atoms with E-state index in [2.05, 4.69) is 17.4 Å². The highest BCUT2D eigenvalue weighted by molar-refractivity contribution is 8.00. The average Bonchev–Trinajstić information content (AvgIpc) is 3.20. The minimum absolute atomic E-state index is 0.0870. The van der Waals surface area contributed by atoms with Gasteiger partial charge in [-0.3, -0.25) is 9.59 Å². The molecule has 1 amide bonds. The summed E-state index contributed by atoms with van der Waals surface area (Å²) in [6, 6.07) is 24.5. The molecule has 0 aromatic heterocycles. The Kier molecular flexibility index (Phi) is 8.66. The van der Waals surface area contributed by atoms with Gasteiger partial charge < -0.3 is 15.2 Å². The number of rotatable bonds is 11. The van der Waals surface area contributed by atoms with Crippen LogP contribution in [0.4, 0.5) is 4.79 Å². The van der Waals surface area contributed by atoms with Crippen molar-refractivity contribution in [2.45, 2.75) is 48.8 Å². The smallest absolute Gasteiger partial charge is 0.407 e. The van der Waals surface area contributed by atoms with Crippen LogP contribution in [0, 0.1) is 5.92 Å². The average molecular weight is 518 g/mol. The molecule has 2 N–H and O–H groups in total. The van der Waals surface area contributed by atoms with Gasteiger partial charge in [-0.1, -0.05) is 80.6 Å². The first-order chi connectivity index (χ1) is 17.8. The van der Waals surface area contributed by atoms with Gasteiger partial charge >= 0.3 is 12.1 Å². The molecular formula is C30H31NO5S. The van der Waals surface area contributed by atoms with Crippen LogP contribution in [-0.2, 0) is 14.3 Å². The van der Waals surface area contributed by atoms with E-state index >= 15 is 0 Å². The molecule has 1 aliphatic rings. The Bertz CT molecular complexity index is 1210. The van der Waals surface area contributed by atoms with Crippen molar-refractivity contribution in [2.24, 2.45) is 5.92 Å². The van der Waals surface area contributed by atoms with Gasteiger partial charge in [0.2, 0.25) is 0 Å². The van der Waals surface area contributed by atoms with Crippen molar-refractivity contribution in [3.63, 3.8) is 0 Å². The van der Waals surface area contributed by atoms with Gasteiger partial charge in [-0.15, -0.1) is 11.8 Å². The molecule has 0 fully saturated rings. The van der Waals surface area contributed by atoms with E-state index in [0.29, 0.717) is 6.42 Å². The first-order valence-corrected chi connectivity index (χ1v) is 13.3. The Balaban J connectivity index is 1.41. The fourth-order valence-electron chi connectivity index (χ4n) is 4.69. The molecule has 0 bridgehead atoms. The van der Waals surface area contributed by atoms with E-state index in [9.17, 15) is 19.5 Å². The Morgan fingerprint density at radius 3 is 2.03 bits per heavy atom. The molecule has 0 saturated carbocycles. The Labute approximate surface area is 221 Å². The van der Waals surface area contributed by atoms with Crippen molar-refractivity contribution in [3.8, 4) is 11.1 Å². The summed E-state index contributed by atoms with van der Waals surface area (Å²) in [5.74, 6) is -1.35. The zero-order valence-electron chi connectivity index (χ0n) is 20.9. The third-order valence-corrected chi connectivity index (χ3v) is 7.61. The number of hydrogen-bond acceptors (Lipinski definition) is 5. The zero-order chi connectivity index (χ0) is 26.4. The number of aliphatic carboxylic acids is 1. The summed E-state index contributed by atoms with van der Waals surface area (Å²) in [5, 5.41) is 11.5. The topological polar surface area (TPSA) is 92.7 Å². The molecule has 1 unspecified atom stereocenters. The molecule has 6 nitrogen and oxygen atoms in total. The second-order valence-corrected chi connectivity index (χ2v) is 10.9. The van der Waals surface area contributed by atoms with Crippen LogP contribution in [0.25, 0.3) is 11.1 Å². The number of ether oxygens (including phenoxy) is 1. The fourth-order valence-corrected chi connectivity index (χ4v) is 5.68. The molecule has 192 valence electrons. The normalized spacial score (nSPS) is 13.9. The predicted octanol–water partition coefficient (Wildman–Crippen LogP) is 6.14. The molecule has 1 aliphatic carbocycles. The van der Waals surface area contributed by atoms with E-state index in [1.54, 1.807) is 0 Å². The molecule has 2 atom stereocenters. The fraction of sp³-hybridized carbons (Fsp3) is 0.300. The monoisotopic (exact) mass is 517 g/mol. The van der Waals surface area contributed by atoms with E-state index in [4.69, 9.17) is 4.74 Å². The number of hydrogen-bond donors (Lipinski definition) is 2. The minimum Gasteiger partial charge on any atom is -0.480 e. The molecule has 4 rings (SSSR count). The number of alkyl carbamates (subject to hydrolysis) is 1. The maximum atomic E-state index is 13.2. The largest absolute Gasteiger partial charge is 0.480 e. The molecule has 3 aromatic rings. The van der Waals surface area contributed by atoms with E-state index in [-0.39, 0.29) is 30.6 Å². The number of fused-ring (bicyclic) bond motifs is 3. The number of Topliss-reactive ketones (excluding diaryl/α,β-unsaturated/α-hetero) is 1. The van der Waals surface area contributed by atoms with Crippen molar-refractivity contribution in [3.05, 3.63) is 90.0 Å². The Morgan fingerprint density at radius 1 is 0.892 bits per heavy atom. The van der Waals surface area contributed by atoms with Crippen LogP contribution in [0.5, 0.6) is 0 Å². The van der Waals surface area contributed by atoms with Crippen molar-refractivity contribution >= 4 is 29.6 Å². The maximum Gasteiger partial charge on any atom is 0.407 e. The SMILES string of the molecule is CC(C)C[C@H](NC(=O)OCC1c2ccccc2-c2ccccc21)C(=O)CC(Sc1ccccc1)C(=O)O. The summed E-state index contributed by atoms with van der Waals surface area (Å²) in [5.41, 5.74) is 4.48. The molecular weight excluding hydrogens is 486 g/mol. The van der Waals surface area contributed by atoms with Crippen molar-refractivity contribution in [1.29, 1.82) is 0 Å². The number of amides is 1. The molecule has 0 saturated heterocycles. The number of thioether (sulfide) groups is 1. The van der Waals surface area contributed by atoms with Gasteiger partial charge in [0.05, 0.1) is 6.04 Å². The summed E-state index contributed by atoms with van der Waals surface area (Å²) >= 11 is 1.13. The van der Waals surface area contributed by atoms with E-state index < -0.39 is 23.4 Å². The summed E-state index contributed by atoms with van der Waals surface area (Å²) in [6.45, 7) is 4.05. The van der Waals surface area contributed by atoms with E-state index in [0.717, 1.165) is 38.9 Å². The van der Waals surface area contributed by atoms with Gasteiger partial charge in [-0.2, -0.15) is 0 Å². The number of nitrogens with one attached hydrogen (secondary N) is 1. The quantitative estimate of drug-likeness (QED) is 0.297. The van der Waals surface area contributed by atoms with Gasteiger partial charge in [0.15, 0.2) is 5.78 Å². The van der Waals surface area contributed by atoms with Gasteiger partial charge in [0.1, 0.15) is 11.9 Å². The van der Waals surface area contributed by atoms with Crippen molar-refractivity contribution in [2.75, 3.05) is 6.61 Å². The predicted molar refractivity (Wildman–Crippen MR) is 145 cm³/mol. The summed E-state index contributed by atoms with van der Waals surface area (Å²) < 4.78 is 5.63. The first-order valence-electron chi connectivity index (χ1n) is 12.4. The van der Waals surface area contributed by atoms with Crippen LogP contribution in [-0.4, -0.2) is 40.9 Å². The van der Waals surface area contributed by atoms with Gasteiger partial charge in [-0.25, -0.2) is 4.79 Å². The van der Waals surface area contributed by atoms with Crippen LogP contribution in [0.1, 0.15) is 43.7 Å². The summed E-state index contributed by atoms with van der Waals surface area (Å²) in [7, 11) is 0. The molecule has 7 heteroatoms. The summed E-state index contributed by atoms with van der Waals surface area (Å²) in [4.78, 5) is 38.6. The van der Waals surface area contributed by atoms with Gasteiger partial charge in [0, 0.05) is 17.2 Å². The van der Waals surface area contributed by atoms with E-state index in [1.807, 2.05) is 80.6 Å². The number of benzene rings is 3. The Hall–Kier alpha value is -3.58. The third kappa shape index (κ3) is 6.60. The number of carbonyl (C=O) groups excluding carboxylic acids is 2. The highest BCUT2D eigenvalue weighted by Crippen LogP contribution is 2.44. The highest BCUT2D eigenvalue weighted by atomic mass is 32.2. The van der Waals surface area contributed by atoms with E-state index in [1.165, 1.54) is 0 Å². The van der Waals surface area contributed by atoms with Gasteiger partial charge in [0.25, 0.3) is 0 Å². The lowest BCUT2D eigenvalue weighted by Gasteiger charge is -2.22. The lowest BCUT2D eigenvalue weighted by molar-refractivity contribution is -0.138. The third-order valence-electron chi connectivity index (χ3n) is 6.42. The zero-order valence-corrected chi connectivity index (χ0v) is 21.7. The first kappa shape index (κ1) is 26.5. The van der Waals surface area contributed by atoms with Crippen LogP contribution in [0.2, 0.25) is 0 Å². The standard InChI is InChI=1S/C30H31NO5S/c1-19(2)16-26(27(32)17-28(29(33)34)37-20-10-4-3-5-11-20)31-30(35)36-18-25-23-14-8-6-12-21(23)22-13-7-9-15-24(22)25/h3-15,19,25-26,28H,16-18H2,1-2H3,(H,31,35)(H,33,34)/t26-,28?/m0/s1. The Morgan fingerprint density at radius 2 is 1.46 bits per heavy atom. The number of carboxylic acid groups (broad SMARTS) is 1. The van der Waals surface area contributed by atoms with Crippen molar-refractivity contribution in [1.82, 2.24) is 5.32 Å². The van der Waals surface area contributed by atoms with Crippen molar-refractivity contribution < 1.29 is 24.2 Å². The van der Waals surface area contributed by atoms with Crippen LogP contribution < -0.4 is 5.32 Å². The molecule has 0 heterocycles. The molecule has 3 aromatic carbocycles. The molecule has 0 spiro atoms. The molecule has 0 aliphatic heterocycles. The number of ketones is 1. The minimum atomic E-state index is -1.06. The van der Waals surface area contributed by atoms with Gasteiger partial charge in [-0.05, 0) is 46.7 Å². The summed E-state index contributed by atoms with van der Waals surface area (Å²) in [6.07, 6.45) is -0.482. The maximum absolute atomic E-state index is 13.2. The van der Waals surface area contributed by atoms with Crippen LogP contribution >= 0.6 is 11.8 Å². The number of carboxylic acids is 1. The van der Waals surface area contributed by atoms with Crippen LogP contribution in [0.15, 0.2) is 83.8 Å². The molecule has 0 radical (unpaired) electrons. The molecule has 37 heavy (non-hydrogen) atoms.